The zero-order chi connectivity index (χ0) is 24.0. The van der Waals surface area contributed by atoms with Crippen molar-refractivity contribution in [2.24, 2.45) is 17.2 Å². The first-order chi connectivity index (χ1) is 15.4. The van der Waals surface area contributed by atoms with Crippen LogP contribution in [0.2, 0.25) is 0 Å². The van der Waals surface area contributed by atoms with E-state index in [0.29, 0.717) is 45.4 Å². The van der Waals surface area contributed by atoms with Crippen molar-refractivity contribution in [3.63, 3.8) is 0 Å². The third-order valence-electron chi connectivity index (χ3n) is 4.62. The zero-order valence-corrected chi connectivity index (χ0v) is 19.0. The molecule has 0 spiro atoms. The largest absolute Gasteiger partial charge is 0.505 e. The lowest BCUT2D eigenvalue weighted by molar-refractivity contribution is -0.121. The number of amides is 2. The molecule has 0 aliphatic rings. The van der Waals surface area contributed by atoms with E-state index in [9.17, 15) is 14.4 Å². The topological polar surface area (TPSA) is 204 Å². The van der Waals surface area contributed by atoms with Crippen molar-refractivity contribution >= 4 is 18.2 Å². The molecular formula is C20H42N6O6. The Kier molecular flexibility index (Phi) is 19.3. The van der Waals surface area contributed by atoms with E-state index < -0.39 is 18.3 Å². The van der Waals surface area contributed by atoms with Gasteiger partial charge in [0.1, 0.15) is 13.2 Å². The summed E-state index contributed by atoms with van der Waals surface area (Å²) in [5.41, 5.74) is 16.4. The molecule has 0 rings (SSSR count). The van der Waals surface area contributed by atoms with Crippen LogP contribution in [0.25, 0.3) is 0 Å². The summed E-state index contributed by atoms with van der Waals surface area (Å²) in [7, 11) is 0. The summed E-state index contributed by atoms with van der Waals surface area (Å²) in [5.74, 6) is -0.186. The fourth-order valence-corrected chi connectivity index (χ4v) is 2.90. The first-order valence-corrected chi connectivity index (χ1v) is 11.3. The van der Waals surface area contributed by atoms with E-state index in [1.54, 1.807) is 0 Å². The summed E-state index contributed by atoms with van der Waals surface area (Å²) >= 11 is 0. The summed E-state index contributed by atoms with van der Waals surface area (Å²) in [5, 5.41) is 17.2. The molecule has 32 heavy (non-hydrogen) atoms. The van der Waals surface area contributed by atoms with Crippen molar-refractivity contribution in [1.82, 2.24) is 16.0 Å². The highest BCUT2D eigenvalue weighted by Crippen LogP contribution is 2.04. The molecule has 12 heteroatoms. The monoisotopic (exact) mass is 462 g/mol. The van der Waals surface area contributed by atoms with Gasteiger partial charge in [-0.25, -0.2) is 9.59 Å². The average Bonchev–Trinajstić information content (AvgIpc) is 2.75. The van der Waals surface area contributed by atoms with Crippen LogP contribution in [0, 0.1) is 0 Å². The van der Waals surface area contributed by atoms with Crippen LogP contribution < -0.4 is 33.2 Å². The number of hydrogen-bond acceptors (Lipinski definition) is 9. The Labute approximate surface area is 190 Å². The van der Waals surface area contributed by atoms with E-state index >= 15 is 0 Å². The van der Waals surface area contributed by atoms with Gasteiger partial charge in [-0.15, -0.1) is 0 Å². The van der Waals surface area contributed by atoms with Crippen LogP contribution in [0.3, 0.4) is 0 Å². The lowest BCUT2D eigenvalue weighted by Crippen LogP contribution is -2.45. The SMILES string of the molecule is NCCCCNCC(=O)N[C@@H](CCCCN)COC(=O)N[C@@H](CCCCN)COC(=O)O. The normalized spacial score (nSPS) is 12.6. The molecule has 0 bridgehead atoms. The molecule has 0 aliphatic heterocycles. The number of rotatable bonds is 20. The van der Waals surface area contributed by atoms with Crippen molar-refractivity contribution in [2.45, 2.75) is 63.5 Å². The van der Waals surface area contributed by atoms with Crippen LogP contribution in [-0.4, -0.2) is 81.3 Å². The summed E-state index contributed by atoms with van der Waals surface area (Å²) < 4.78 is 9.85. The molecule has 2 amide bonds. The quantitative estimate of drug-likeness (QED) is 0.0940. The van der Waals surface area contributed by atoms with Gasteiger partial charge < -0.3 is 47.7 Å². The van der Waals surface area contributed by atoms with Crippen molar-refractivity contribution in [1.29, 1.82) is 0 Å². The fourth-order valence-electron chi connectivity index (χ4n) is 2.90. The number of unbranched alkanes of at least 4 members (excludes halogenated alkanes) is 3. The minimum atomic E-state index is -1.41. The molecule has 12 nitrogen and oxygen atoms in total. The van der Waals surface area contributed by atoms with E-state index in [2.05, 4.69) is 20.7 Å². The van der Waals surface area contributed by atoms with Gasteiger partial charge >= 0.3 is 12.2 Å². The zero-order valence-electron chi connectivity index (χ0n) is 19.0. The molecular weight excluding hydrogens is 420 g/mol. The highest BCUT2D eigenvalue weighted by molar-refractivity contribution is 5.78. The van der Waals surface area contributed by atoms with E-state index in [4.69, 9.17) is 27.0 Å². The Morgan fingerprint density at radius 1 is 0.750 bits per heavy atom. The van der Waals surface area contributed by atoms with E-state index in [1.807, 2.05) is 0 Å². The van der Waals surface area contributed by atoms with Crippen LogP contribution in [-0.2, 0) is 14.3 Å². The van der Waals surface area contributed by atoms with Crippen LogP contribution in [0.5, 0.6) is 0 Å². The molecule has 188 valence electrons. The van der Waals surface area contributed by atoms with Gasteiger partial charge in [-0.2, -0.15) is 0 Å². The third kappa shape index (κ3) is 18.6. The van der Waals surface area contributed by atoms with Gasteiger partial charge in [-0.1, -0.05) is 12.8 Å². The number of hydrogen-bond donors (Lipinski definition) is 7. The van der Waals surface area contributed by atoms with Crippen LogP contribution >= 0.6 is 0 Å². The summed E-state index contributed by atoms with van der Waals surface area (Å²) in [6.45, 7) is 2.34. The van der Waals surface area contributed by atoms with Crippen LogP contribution in [0.1, 0.15) is 51.4 Å². The van der Waals surface area contributed by atoms with Crippen LogP contribution in [0.4, 0.5) is 9.59 Å². The maximum absolute atomic E-state index is 12.2. The van der Waals surface area contributed by atoms with Gasteiger partial charge in [0.15, 0.2) is 0 Å². The molecule has 0 aromatic heterocycles. The molecule has 0 saturated carbocycles. The number of carbonyl (C=O) groups is 3. The predicted molar refractivity (Wildman–Crippen MR) is 121 cm³/mol. The number of ether oxygens (including phenoxy) is 2. The minimum Gasteiger partial charge on any atom is -0.450 e. The van der Waals surface area contributed by atoms with Gasteiger partial charge in [0.05, 0.1) is 18.6 Å². The molecule has 2 atom stereocenters. The molecule has 0 unspecified atom stereocenters. The second-order valence-electron chi connectivity index (χ2n) is 7.52. The molecule has 0 radical (unpaired) electrons. The number of nitrogens with one attached hydrogen (secondary N) is 3. The fraction of sp³-hybridized carbons (Fsp3) is 0.850. The number of alkyl carbamates (subject to hydrolysis) is 1. The van der Waals surface area contributed by atoms with Crippen molar-refractivity contribution in [3.8, 4) is 0 Å². The molecule has 0 aromatic carbocycles. The van der Waals surface area contributed by atoms with Crippen molar-refractivity contribution in [3.05, 3.63) is 0 Å². The highest BCUT2D eigenvalue weighted by atomic mass is 16.7. The smallest absolute Gasteiger partial charge is 0.450 e. The highest BCUT2D eigenvalue weighted by Gasteiger charge is 2.18. The Balaban J connectivity index is 4.53. The number of nitrogens with two attached hydrogens (primary N) is 3. The van der Waals surface area contributed by atoms with E-state index in [1.165, 1.54) is 0 Å². The summed E-state index contributed by atoms with van der Waals surface area (Å²) in [6, 6.07) is -0.871. The van der Waals surface area contributed by atoms with E-state index in [0.717, 1.165) is 32.1 Å². The Bertz CT molecular complexity index is 511. The second-order valence-corrected chi connectivity index (χ2v) is 7.52. The minimum absolute atomic E-state index is 0.00930. The Hall–Kier alpha value is -2.15. The Morgan fingerprint density at radius 3 is 1.84 bits per heavy atom. The molecule has 0 aromatic rings. The number of carboxylic acid groups (broad SMARTS) is 1. The lowest BCUT2D eigenvalue weighted by atomic mass is 10.1. The third-order valence-corrected chi connectivity index (χ3v) is 4.62. The van der Waals surface area contributed by atoms with Gasteiger partial charge in [0.25, 0.3) is 0 Å². The lowest BCUT2D eigenvalue weighted by Gasteiger charge is -2.21. The average molecular weight is 463 g/mol. The maximum atomic E-state index is 12.2. The van der Waals surface area contributed by atoms with Crippen molar-refractivity contribution < 1.29 is 29.0 Å². The van der Waals surface area contributed by atoms with Gasteiger partial charge in [-0.05, 0) is 64.7 Å². The Morgan fingerprint density at radius 2 is 1.28 bits per heavy atom. The van der Waals surface area contributed by atoms with Gasteiger partial charge in [0, 0.05) is 0 Å². The van der Waals surface area contributed by atoms with Crippen molar-refractivity contribution in [2.75, 3.05) is 45.9 Å². The number of carbonyl (C=O) groups excluding carboxylic acids is 2. The summed E-state index contributed by atoms with van der Waals surface area (Å²) in [4.78, 5) is 35.0. The van der Waals surface area contributed by atoms with Gasteiger partial charge in [0.2, 0.25) is 5.91 Å². The molecule has 0 fully saturated rings. The first-order valence-electron chi connectivity index (χ1n) is 11.3. The molecule has 0 aliphatic carbocycles. The van der Waals surface area contributed by atoms with E-state index in [-0.39, 0.29) is 31.7 Å². The van der Waals surface area contributed by atoms with Gasteiger partial charge in [-0.3, -0.25) is 4.79 Å². The summed E-state index contributed by atoms with van der Waals surface area (Å²) in [6.07, 6.45) is 3.83. The van der Waals surface area contributed by atoms with Crippen LogP contribution in [0.15, 0.2) is 0 Å². The predicted octanol–water partition coefficient (Wildman–Crippen LogP) is -0.153. The first kappa shape index (κ1) is 29.9. The molecule has 10 N–H and O–H groups in total. The molecule has 0 saturated heterocycles. The second kappa shape index (κ2) is 20.7. The molecule has 0 heterocycles. The standard InChI is InChI=1S/C20H42N6O6/c21-9-3-1-7-16(25-18(27)13-24-12-6-5-11-23)14-31-19(28)26-17(8-2-4-10-22)15-32-20(29)30/h16-17,24H,1-15,21-23H2,(H,25,27)(H,26,28)(H,29,30)/t16-,17-/m0/s1. The maximum Gasteiger partial charge on any atom is 0.505 e.